The summed E-state index contributed by atoms with van der Waals surface area (Å²) in [5.41, 5.74) is 2.06. The number of hydrogen-bond donors (Lipinski definition) is 0. The van der Waals surface area contributed by atoms with Crippen molar-refractivity contribution in [3.8, 4) is 5.75 Å². The lowest BCUT2D eigenvalue weighted by Crippen LogP contribution is -2.48. The molecule has 1 radical (unpaired) electrons. The van der Waals surface area contributed by atoms with Crippen LogP contribution in [0.5, 0.6) is 5.75 Å². The van der Waals surface area contributed by atoms with Crippen molar-refractivity contribution >= 4 is 5.69 Å². The summed E-state index contributed by atoms with van der Waals surface area (Å²) in [7, 11) is 0. The minimum atomic E-state index is -0.578. The molecule has 1 aliphatic heterocycles. The first kappa shape index (κ1) is 13.2. The van der Waals surface area contributed by atoms with Gasteiger partial charge < -0.3 is 9.94 Å². The Morgan fingerprint density at radius 3 is 2.50 bits per heavy atom. The molecule has 1 heterocycles. The summed E-state index contributed by atoms with van der Waals surface area (Å²) in [6, 6.07) is 15.2. The summed E-state index contributed by atoms with van der Waals surface area (Å²) in [4.78, 5) is 0. The lowest BCUT2D eigenvalue weighted by atomic mass is 9.89. The van der Waals surface area contributed by atoms with Gasteiger partial charge in [-0.1, -0.05) is 36.4 Å². The number of benzene rings is 2. The van der Waals surface area contributed by atoms with Gasteiger partial charge in [0.05, 0.1) is 0 Å². The molecular formula is C17H18NO2. The molecule has 2 aromatic carbocycles. The van der Waals surface area contributed by atoms with Crippen molar-refractivity contribution in [3.63, 3.8) is 0 Å². The van der Waals surface area contributed by atoms with Crippen molar-refractivity contribution in [2.45, 2.75) is 32.4 Å². The summed E-state index contributed by atoms with van der Waals surface area (Å²) < 4.78 is 6.07. The van der Waals surface area contributed by atoms with Gasteiger partial charge >= 0.3 is 0 Å². The molecule has 0 aliphatic carbocycles. The van der Waals surface area contributed by atoms with Gasteiger partial charge in [-0.15, -0.1) is 5.06 Å². The van der Waals surface area contributed by atoms with Crippen LogP contribution in [0.4, 0.5) is 5.69 Å². The van der Waals surface area contributed by atoms with Gasteiger partial charge in [-0.3, -0.25) is 0 Å². The third-order valence-electron chi connectivity index (χ3n) is 3.73. The second-order valence-corrected chi connectivity index (χ2v) is 5.82. The SMILES string of the molecule is Cc1ccc2c(c1)[N+]([O-])C(c1ccccc1)C(C)(C)O2. The van der Waals surface area contributed by atoms with Crippen LogP contribution in [0, 0.1) is 12.1 Å². The van der Waals surface area contributed by atoms with E-state index in [1.807, 2.05) is 69.3 Å². The zero-order valence-electron chi connectivity index (χ0n) is 12.0. The van der Waals surface area contributed by atoms with Gasteiger partial charge in [-0.05, 0) is 32.4 Å². The summed E-state index contributed by atoms with van der Waals surface area (Å²) in [5, 5.41) is 13.9. The van der Waals surface area contributed by atoms with Crippen LogP contribution in [0.15, 0.2) is 48.5 Å². The van der Waals surface area contributed by atoms with Crippen molar-refractivity contribution in [2.24, 2.45) is 0 Å². The van der Waals surface area contributed by atoms with Gasteiger partial charge in [-0.25, -0.2) is 0 Å². The van der Waals surface area contributed by atoms with E-state index in [9.17, 15) is 5.21 Å². The number of hydrogen-bond acceptors (Lipinski definition) is 3. The van der Waals surface area contributed by atoms with Crippen LogP contribution in [0.1, 0.15) is 31.0 Å². The summed E-state index contributed by atoms with van der Waals surface area (Å²) >= 11 is 0. The molecule has 0 saturated carbocycles. The number of fused-ring (bicyclic) bond motifs is 1. The third-order valence-corrected chi connectivity index (χ3v) is 3.73. The van der Waals surface area contributed by atoms with Crippen molar-refractivity contribution in [3.05, 3.63) is 64.9 Å². The Balaban J connectivity index is 2.12. The minimum Gasteiger partial charge on any atom is -0.575 e. The van der Waals surface area contributed by atoms with E-state index in [0.717, 1.165) is 16.2 Å². The highest BCUT2D eigenvalue weighted by molar-refractivity contribution is 5.58. The molecule has 0 bridgehead atoms. The van der Waals surface area contributed by atoms with E-state index in [-0.39, 0.29) is 6.04 Å². The molecule has 3 rings (SSSR count). The molecule has 0 spiro atoms. The summed E-state index contributed by atoms with van der Waals surface area (Å²) in [6.07, 6.45) is 0. The van der Waals surface area contributed by atoms with Crippen molar-refractivity contribution in [2.75, 3.05) is 0 Å². The zero-order valence-corrected chi connectivity index (χ0v) is 12.0. The molecule has 0 amide bonds. The molecule has 0 fully saturated rings. The number of rotatable bonds is 1. The molecule has 0 aromatic heterocycles. The predicted octanol–water partition coefficient (Wildman–Crippen LogP) is 4.18. The monoisotopic (exact) mass is 268 g/mol. The van der Waals surface area contributed by atoms with E-state index in [1.54, 1.807) is 0 Å². The topological polar surface area (TPSA) is 38.2 Å². The highest BCUT2D eigenvalue weighted by Gasteiger charge is 2.47. The van der Waals surface area contributed by atoms with Gasteiger partial charge in [0.15, 0.2) is 11.4 Å². The van der Waals surface area contributed by atoms with Gasteiger partial charge in [-0.2, -0.15) is 0 Å². The first-order valence-electron chi connectivity index (χ1n) is 6.80. The maximum Gasteiger partial charge on any atom is 0.225 e. The van der Waals surface area contributed by atoms with Crippen LogP contribution in [0.3, 0.4) is 0 Å². The average Bonchev–Trinajstić information content (AvgIpc) is 2.40. The van der Waals surface area contributed by atoms with Crippen LogP contribution >= 0.6 is 0 Å². The Morgan fingerprint density at radius 1 is 1.10 bits per heavy atom. The van der Waals surface area contributed by atoms with Gasteiger partial charge in [0, 0.05) is 11.6 Å². The molecular weight excluding hydrogens is 250 g/mol. The molecule has 0 N–H and O–H groups in total. The molecule has 1 aliphatic rings. The van der Waals surface area contributed by atoms with E-state index in [4.69, 9.17) is 4.74 Å². The van der Waals surface area contributed by atoms with Crippen LogP contribution in [0.2, 0.25) is 0 Å². The Kier molecular flexibility index (Phi) is 3.04. The van der Waals surface area contributed by atoms with Crippen molar-refractivity contribution in [1.29, 1.82) is 0 Å². The Morgan fingerprint density at radius 2 is 1.80 bits per heavy atom. The van der Waals surface area contributed by atoms with Crippen molar-refractivity contribution < 1.29 is 4.74 Å². The number of aryl methyl sites for hydroxylation is 1. The zero-order chi connectivity index (χ0) is 14.3. The lowest BCUT2D eigenvalue weighted by Gasteiger charge is -2.41. The number of hydroxylamine groups is 1. The van der Waals surface area contributed by atoms with Gasteiger partial charge in [0.1, 0.15) is 0 Å². The quantitative estimate of drug-likeness (QED) is 0.575. The number of anilines is 1. The summed E-state index contributed by atoms with van der Waals surface area (Å²) in [5.74, 6) is 0.655. The normalized spacial score (nSPS) is 21.1. The molecule has 3 nitrogen and oxygen atoms in total. The lowest BCUT2D eigenvalue weighted by molar-refractivity contribution is 0.0386. The molecule has 20 heavy (non-hydrogen) atoms. The minimum absolute atomic E-state index is 0.349. The molecule has 103 valence electrons. The number of ether oxygens (including phenoxy) is 1. The van der Waals surface area contributed by atoms with E-state index >= 15 is 0 Å². The standard InChI is InChI=1S/C17H18NO2/c1-12-9-10-15-14(11-12)18(19)16(17(2,3)20-15)13-7-5-4-6-8-13/h4-11,16H,1-3H3. The maximum atomic E-state index is 12.8. The average molecular weight is 268 g/mol. The van der Waals surface area contributed by atoms with E-state index < -0.39 is 5.60 Å². The molecule has 0 saturated heterocycles. The fourth-order valence-corrected chi connectivity index (χ4v) is 2.82. The molecule has 2 aromatic rings. The predicted molar refractivity (Wildman–Crippen MR) is 80.2 cm³/mol. The van der Waals surface area contributed by atoms with Crippen molar-refractivity contribution in [1.82, 2.24) is 5.06 Å². The molecule has 1 atom stereocenters. The van der Waals surface area contributed by atoms with Gasteiger partial charge in [0.25, 0.3) is 0 Å². The molecule has 3 heteroatoms. The summed E-state index contributed by atoms with van der Waals surface area (Å²) in [6.45, 7) is 5.89. The number of nitrogens with zero attached hydrogens (tertiary/aromatic N) is 1. The Labute approximate surface area is 119 Å². The highest BCUT2D eigenvalue weighted by atomic mass is 16.5. The Bertz CT molecular complexity index is 622. The van der Waals surface area contributed by atoms with Crippen LogP contribution in [-0.2, 0) is 0 Å². The first-order valence-corrected chi connectivity index (χ1v) is 6.80. The van der Waals surface area contributed by atoms with Gasteiger partial charge in [0.2, 0.25) is 11.7 Å². The smallest absolute Gasteiger partial charge is 0.225 e. The third kappa shape index (κ3) is 2.09. The van der Waals surface area contributed by atoms with Crippen LogP contribution in [-0.4, -0.2) is 5.60 Å². The van der Waals surface area contributed by atoms with Crippen LogP contribution in [0.25, 0.3) is 0 Å². The second kappa shape index (κ2) is 4.62. The van der Waals surface area contributed by atoms with Crippen LogP contribution < -0.4 is 9.80 Å². The molecule has 1 unspecified atom stereocenters. The second-order valence-electron chi connectivity index (χ2n) is 5.82. The Hall–Kier alpha value is -1.84. The first-order chi connectivity index (χ1) is 9.49. The maximum absolute atomic E-state index is 12.8. The fourth-order valence-electron chi connectivity index (χ4n) is 2.82. The fraction of sp³-hybridized carbons (Fsp3) is 0.294. The van der Waals surface area contributed by atoms with E-state index in [1.165, 1.54) is 0 Å². The largest absolute Gasteiger partial charge is 0.575 e. The highest BCUT2D eigenvalue weighted by Crippen LogP contribution is 2.46. The van der Waals surface area contributed by atoms with E-state index in [2.05, 4.69) is 0 Å². The van der Waals surface area contributed by atoms with E-state index in [0.29, 0.717) is 11.4 Å².